The van der Waals surface area contributed by atoms with E-state index in [9.17, 15) is 4.79 Å². The molecule has 2 heteroatoms. The second kappa shape index (κ2) is 4.24. The normalized spacial score (nSPS) is 48.5. The molecule has 0 amide bonds. The lowest BCUT2D eigenvalue weighted by Crippen LogP contribution is -2.58. The summed E-state index contributed by atoms with van der Waals surface area (Å²) in [4.78, 5) is 12.7. The molecule has 5 aliphatic rings. The molecule has 2 nitrogen and oxygen atoms in total. The van der Waals surface area contributed by atoms with Gasteiger partial charge in [-0.05, 0) is 82.5 Å². The van der Waals surface area contributed by atoms with Crippen LogP contribution in [0.2, 0.25) is 0 Å². The number of ether oxygens (including phenoxy) is 1. The van der Waals surface area contributed by atoms with Crippen molar-refractivity contribution in [1.29, 1.82) is 0 Å². The van der Waals surface area contributed by atoms with Crippen LogP contribution in [0, 0.1) is 29.1 Å². The maximum atomic E-state index is 12.7. The molecule has 0 saturated heterocycles. The molecule has 0 aromatic heterocycles. The minimum Gasteiger partial charge on any atom is -0.458 e. The van der Waals surface area contributed by atoms with Crippen molar-refractivity contribution >= 4 is 5.97 Å². The molecule has 0 N–H and O–H groups in total. The van der Waals surface area contributed by atoms with Gasteiger partial charge in [-0.3, -0.25) is 4.79 Å². The molecular weight excluding hydrogens is 248 g/mol. The van der Waals surface area contributed by atoms with Gasteiger partial charge in [-0.15, -0.1) is 0 Å². The Morgan fingerprint density at radius 2 is 1.40 bits per heavy atom. The van der Waals surface area contributed by atoms with Crippen molar-refractivity contribution in [3.63, 3.8) is 0 Å². The molecule has 20 heavy (non-hydrogen) atoms. The molecule has 0 aromatic carbocycles. The third-order valence-electron chi connectivity index (χ3n) is 7.27. The maximum absolute atomic E-state index is 12.7. The van der Waals surface area contributed by atoms with Gasteiger partial charge in [0, 0.05) is 0 Å². The van der Waals surface area contributed by atoms with Gasteiger partial charge in [0.25, 0.3) is 0 Å². The molecule has 0 atom stereocenters. The summed E-state index contributed by atoms with van der Waals surface area (Å²) >= 11 is 0. The lowest BCUT2D eigenvalue weighted by molar-refractivity contribution is -0.211. The van der Waals surface area contributed by atoms with Crippen molar-refractivity contribution < 1.29 is 9.53 Å². The molecule has 0 aromatic rings. The predicted octanol–water partition coefficient (Wildman–Crippen LogP) is 4.32. The van der Waals surface area contributed by atoms with E-state index in [1.165, 1.54) is 44.9 Å². The van der Waals surface area contributed by atoms with Crippen molar-refractivity contribution in [3.8, 4) is 0 Å². The third kappa shape index (κ3) is 1.79. The highest BCUT2D eigenvalue weighted by molar-refractivity contribution is 5.77. The van der Waals surface area contributed by atoms with Crippen LogP contribution < -0.4 is 0 Å². The van der Waals surface area contributed by atoms with E-state index in [2.05, 4.69) is 13.8 Å². The Morgan fingerprint density at radius 1 is 0.900 bits per heavy atom. The molecule has 5 saturated carbocycles. The van der Waals surface area contributed by atoms with Crippen LogP contribution >= 0.6 is 0 Å². The van der Waals surface area contributed by atoms with Gasteiger partial charge in [-0.25, -0.2) is 0 Å². The van der Waals surface area contributed by atoms with E-state index in [0.717, 1.165) is 24.7 Å². The van der Waals surface area contributed by atoms with Crippen LogP contribution in [0.3, 0.4) is 0 Å². The largest absolute Gasteiger partial charge is 0.458 e. The van der Waals surface area contributed by atoms with E-state index in [4.69, 9.17) is 4.74 Å². The van der Waals surface area contributed by atoms with Crippen LogP contribution in [0.15, 0.2) is 0 Å². The minimum atomic E-state index is -0.183. The standard InChI is InChI=1S/C18H28O2/c1-17(5-3-4-6-17)16(19)20-18(2)14-8-12-7-13(10-14)11-15(18)9-12/h12-15H,3-11H2,1-2H3. The van der Waals surface area contributed by atoms with E-state index < -0.39 is 0 Å². The van der Waals surface area contributed by atoms with Crippen molar-refractivity contribution in [2.45, 2.75) is 77.2 Å². The number of hydrogen-bond donors (Lipinski definition) is 0. The first-order valence-electron chi connectivity index (χ1n) is 8.73. The smallest absolute Gasteiger partial charge is 0.312 e. The van der Waals surface area contributed by atoms with Crippen LogP contribution in [-0.2, 0) is 9.53 Å². The van der Waals surface area contributed by atoms with Crippen LogP contribution in [0.25, 0.3) is 0 Å². The first kappa shape index (κ1) is 13.2. The van der Waals surface area contributed by atoms with Gasteiger partial charge in [-0.2, -0.15) is 0 Å². The molecule has 112 valence electrons. The van der Waals surface area contributed by atoms with E-state index in [-0.39, 0.29) is 17.0 Å². The Balaban J connectivity index is 1.54. The van der Waals surface area contributed by atoms with Gasteiger partial charge in [-0.1, -0.05) is 12.8 Å². The molecular formula is C18H28O2. The van der Waals surface area contributed by atoms with Crippen LogP contribution in [-0.4, -0.2) is 11.6 Å². The average molecular weight is 276 g/mol. The van der Waals surface area contributed by atoms with Gasteiger partial charge < -0.3 is 4.74 Å². The SMILES string of the molecule is CC1(C(=O)OC2(C)C3CC4CC(C3)CC2C4)CCCC1. The van der Waals surface area contributed by atoms with Crippen LogP contribution in [0.5, 0.6) is 0 Å². The van der Waals surface area contributed by atoms with Crippen molar-refractivity contribution in [1.82, 2.24) is 0 Å². The molecule has 0 heterocycles. The van der Waals surface area contributed by atoms with Crippen molar-refractivity contribution in [2.75, 3.05) is 0 Å². The monoisotopic (exact) mass is 276 g/mol. The summed E-state index contributed by atoms with van der Waals surface area (Å²) < 4.78 is 6.26. The van der Waals surface area contributed by atoms with Crippen LogP contribution in [0.1, 0.15) is 71.6 Å². The summed E-state index contributed by atoms with van der Waals surface area (Å²) in [6, 6.07) is 0. The fourth-order valence-electron chi connectivity index (χ4n) is 5.97. The number of carbonyl (C=O) groups excluding carboxylic acids is 1. The number of hydrogen-bond acceptors (Lipinski definition) is 2. The second-order valence-electron chi connectivity index (χ2n) is 8.65. The molecule has 0 unspecified atom stereocenters. The van der Waals surface area contributed by atoms with E-state index in [1.54, 1.807) is 0 Å². The Bertz CT molecular complexity index is 391. The predicted molar refractivity (Wildman–Crippen MR) is 78.1 cm³/mol. The molecule has 5 fully saturated rings. The molecule has 0 radical (unpaired) electrons. The highest BCUT2D eigenvalue weighted by atomic mass is 16.6. The minimum absolute atomic E-state index is 0.116. The van der Waals surface area contributed by atoms with Gasteiger partial charge >= 0.3 is 5.97 Å². The third-order valence-corrected chi connectivity index (χ3v) is 7.27. The van der Waals surface area contributed by atoms with Gasteiger partial charge in [0.05, 0.1) is 5.41 Å². The Labute approximate surface area is 122 Å². The Hall–Kier alpha value is -0.530. The Morgan fingerprint density at radius 3 is 1.90 bits per heavy atom. The van der Waals surface area contributed by atoms with Crippen LogP contribution in [0.4, 0.5) is 0 Å². The topological polar surface area (TPSA) is 26.3 Å². The zero-order valence-electron chi connectivity index (χ0n) is 13.0. The quantitative estimate of drug-likeness (QED) is 0.702. The molecule has 5 rings (SSSR count). The lowest BCUT2D eigenvalue weighted by atomic mass is 9.50. The number of esters is 1. The summed E-state index contributed by atoms with van der Waals surface area (Å²) in [6.07, 6.45) is 11.2. The molecule has 5 aliphatic carbocycles. The summed E-state index contributed by atoms with van der Waals surface area (Å²) in [5, 5.41) is 0. The van der Waals surface area contributed by atoms with Crippen molar-refractivity contribution in [2.24, 2.45) is 29.1 Å². The van der Waals surface area contributed by atoms with Gasteiger partial charge in [0.2, 0.25) is 0 Å². The van der Waals surface area contributed by atoms with E-state index >= 15 is 0 Å². The van der Waals surface area contributed by atoms with Gasteiger partial charge in [0.1, 0.15) is 5.60 Å². The fraction of sp³-hybridized carbons (Fsp3) is 0.944. The summed E-state index contributed by atoms with van der Waals surface area (Å²) in [7, 11) is 0. The molecule has 0 aliphatic heterocycles. The van der Waals surface area contributed by atoms with Gasteiger partial charge in [0.15, 0.2) is 0 Å². The Kier molecular flexibility index (Phi) is 2.79. The zero-order chi connectivity index (χ0) is 14.0. The second-order valence-corrected chi connectivity index (χ2v) is 8.65. The average Bonchev–Trinajstić information content (AvgIpc) is 2.84. The zero-order valence-corrected chi connectivity index (χ0v) is 13.0. The fourth-order valence-corrected chi connectivity index (χ4v) is 5.97. The molecule has 0 spiro atoms. The highest BCUT2D eigenvalue weighted by Crippen LogP contribution is 2.60. The summed E-state index contributed by atoms with van der Waals surface area (Å²) in [5.41, 5.74) is -0.326. The summed E-state index contributed by atoms with van der Waals surface area (Å²) in [6.45, 7) is 4.39. The van der Waals surface area contributed by atoms with Crippen molar-refractivity contribution in [3.05, 3.63) is 0 Å². The number of carbonyl (C=O) groups is 1. The summed E-state index contributed by atoms with van der Waals surface area (Å²) in [5.74, 6) is 3.28. The number of rotatable bonds is 2. The van der Waals surface area contributed by atoms with E-state index in [1.807, 2.05) is 0 Å². The molecule has 4 bridgehead atoms. The highest BCUT2D eigenvalue weighted by Gasteiger charge is 2.58. The van der Waals surface area contributed by atoms with E-state index in [0.29, 0.717) is 11.8 Å². The maximum Gasteiger partial charge on any atom is 0.312 e. The lowest BCUT2D eigenvalue weighted by Gasteiger charge is -2.59. The first-order valence-corrected chi connectivity index (χ1v) is 8.73. The first-order chi connectivity index (χ1) is 9.49.